The number of aryl methyl sites for hydroxylation is 1. The molecule has 15 heteroatoms. The molecule has 4 heterocycles. The standard InChI is InChI=1S/C40H43FN6O6SSi/c1-26-35-36(54-38(26)47-43-19-20-44-47)45-39(46(37(35)49)28-23-34(48)42-24-28)53-25-33(31-22-27(41)16-17-32(31)51-4)52-21-11-18-40(2,3)55(50,29-12-7-5-8-13-29)30-14-9-6-10-15-30/h5-10,12-17,19-20,22,28,33,50H,11,18,21,23-25H2,1-4H3,(H,42,48)/t28-,33-/m0/s1. The third kappa shape index (κ3) is 7.44. The van der Waals surface area contributed by atoms with E-state index >= 15 is 0 Å². The first-order valence-corrected chi connectivity index (χ1v) is 20.9. The third-order valence-corrected chi connectivity index (χ3v) is 16.1. The van der Waals surface area contributed by atoms with Crippen LogP contribution in [0.2, 0.25) is 5.04 Å². The number of benzene rings is 3. The van der Waals surface area contributed by atoms with E-state index in [0.29, 0.717) is 44.9 Å². The van der Waals surface area contributed by atoms with Crippen LogP contribution in [0.1, 0.15) is 56.4 Å². The highest BCUT2D eigenvalue weighted by Crippen LogP contribution is 2.40. The van der Waals surface area contributed by atoms with Gasteiger partial charge in [-0.1, -0.05) is 85.8 Å². The number of carbonyl (C=O) groups is 1. The summed E-state index contributed by atoms with van der Waals surface area (Å²) in [5, 5.41) is 13.6. The van der Waals surface area contributed by atoms with Crippen molar-refractivity contribution in [2.45, 2.75) is 57.2 Å². The number of nitrogens with zero attached hydrogens (tertiary/aromatic N) is 5. The Labute approximate surface area is 322 Å². The zero-order valence-electron chi connectivity index (χ0n) is 31.1. The monoisotopic (exact) mass is 782 g/mol. The minimum Gasteiger partial charge on any atom is -0.496 e. The van der Waals surface area contributed by atoms with E-state index in [1.165, 1.54) is 46.0 Å². The van der Waals surface area contributed by atoms with Crippen molar-refractivity contribution in [2.24, 2.45) is 0 Å². The Morgan fingerprint density at radius 3 is 2.33 bits per heavy atom. The lowest BCUT2D eigenvalue weighted by Crippen LogP contribution is -2.65. The van der Waals surface area contributed by atoms with Crippen LogP contribution in [0.15, 0.2) is 96.1 Å². The van der Waals surface area contributed by atoms with Crippen LogP contribution < -0.4 is 30.7 Å². The van der Waals surface area contributed by atoms with Crippen LogP contribution in [0.3, 0.4) is 0 Å². The van der Waals surface area contributed by atoms with Gasteiger partial charge in [-0.3, -0.25) is 14.2 Å². The average Bonchev–Trinajstić information content (AvgIpc) is 3.95. The van der Waals surface area contributed by atoms with E-state index < -0.39 is 31.3 Å². The normalized spacial score (nSPS) is 15.3. The van der Waals surface area contributed by atoms with Crippen molar-refractivity contribution < 1.29 is 28.2 Å². The Morgan fingerprint density at radius 1 is 1.04 bits per heavy atom. The molecule has 2 N–H and O–H groups in total. The summed E-state index contributed by atoms with van der Waals surface area (Å²) in [5.41, 5.74) is 0.729. The molecule has 1 amide bonds. The largest absolute Gasteiger partial charge is 0.496 e. The summed E-state index contributed by atoms with van der Waals surface area (Å²) in [6, 6.07) is 23.3. The number of hydrogen-bond acceptors (Lipinski definition) is 10. The number of rotatable bonds is 15. The summed E-state index contributed by atoms with van der Waals surface area (Å²) < 4.78 is 34.7. The van der Waals surface area contributed by atoms with E-state index in [9.17, 15) is 18.8 Å². The number of hydrogen-bond donors (Lipinski definition) is 2. The van der Waals surface area contributed by atoms with Crippen LogP contribution in [0.5, 0.6) is 11.8 Å². The highest BCUT2D eigenvalue weighted by Gasteiger charge is 2.49. The average molecular weight is 783 g/mol. The molecule has 0 radical (unpaired) electrons. The fourth-order valence-corrected chi connectivity index (χ4v) is 12.3. The van der Waals surface area contributed by atoms with Crippen molar-refractivity contribution in [2.75, 3.05) is 26.9 Å². The Balaban J connectivity index is 1.18. The number of ether oxygens (including phenoxy) is 3. The van der Waals surface area contributed by atoms with Crippen molar-refractivity contribution >= 4 is 46.2 Å². The quantitative estimate of drug-likeness (QED) is 0.109. The fourth-order valence-electron chi connectivity index (χ4n) is 7.44. The number of nitrogens with one attached hydrogen (secondary N) is 1. The number of thiophene rings is 1. The van der Waals surface area contributed by atoms with Crippen molar-refractivity contribution in [1.82, 2.24) is 29.9 Å². The lowest BCUT2D eigenvalue weighted by molar-refractivity contribution is -0.119. The molecular formula is C40H43FN6O6SSi. The van der Waals surface area contributed by atoms with E-state index in [4.69, 9.17) is 19.2 Å². The first kappa shape index (κ1) is 38.1. The summed E-state index contributed by atoms with van der Waals surface area (Å²) in [4.78, 5) is 45.9. The molecule has 0 bridgehead atoms. The zero-order valence-corrected chi connectivity index (χ0v) is 32.9. The number of aromatic nitrogens is 5. The Hall–Kier alpha value is -5.22. The molecule has 3 aromatic heterocycles. The van der Waals surface area contributed by atoms with Crippen LogP contribution >= 0.6 is 11.3 Å². The van der Waals surface area contributed by atoms with Crippen LogP contribution in [0.25, 0.3) is 15.2 Å². The molecular weight excluding hydrogens is 740 g/mol. The number of amides is 1. The number of methoxy groups -OCH3 is 1. The highest BCUT2D eigenvalue weighted by atomic mass is 32.1. The second kappa shape index (κ2) is 15.9. The van der Waals surface area contributed by atoms with Crippen LogP contribution in [-0.2, 0) is 9.53 Å². The minimum absolute atomic E-state index is 0.00659. The number of halogens is 1. The molecule has 0 aliphatic carbocycles. The maximum Gasteiger partial charge on any atom is 0.301 e. The predicted molar refractivity (Wildman–Crippen MR) is 211 cm³/mol. The lowest BCUT2D eigenvalue weighted by atomic mass is 10.1. The first-order valence-electron chi connectivity index (χ1n) is 18.1. The van der Waals surface area contributed by atoms with Gasteiger partial charge in [0.25, 0.3) is 13.9 Å². The topological polar surface area (TPSA) is 143 Å². The van der Waals surface area contributed by atoms with Gasteiger partial charge in [-0.2, -0.15) is 15.2 Å². The third-order valence-electron chi connectivity index (χ3n) is 10.4. The summed E-state index contributed by atoms with van der Waals surface area (Å²) in [6.45, 7) is 6.33. The van der Waals surface area contributed by atoms with Gasteiger partial charge in [-0.25, -0.2) is 4.39 Å². The molecule has 0 saturated carbocycles. The van der Waals surface area contributed by atoms with E-state index in [1.807, 2.05) is 67.6 Å². The lowest BCUT2D eigenvalue weighted by Gasteiger charge is -2.41. The molecule has 1 aliphatic rings. The molecule has 12 nitrogen and oxygen atoms in total. The van der Waals surface area contributed by atoms with Gasteiger partial charge < -0.3 is 24.3 Å². The van der Waals surface area contributed by atoms with Crippen LogP contribution in [0.4, 0.5) is 4.39 Å². The van der Waals surface area contributed by atoms with E-state index in [1.54, 1.807) is 12.4 Å². The van der Waals surface area contributed by atoms with Gasteiger partial charge in [0.1, 0.15) is 34.1 Å². The molecule has 2 atom stereocenters. The van der Waals surface area contributed by atoms with Gasteiger partial charge in [-0.15, -0.1) is 4.80 Å². The Kier molecular flexibility index (Phi) is 11.0. The molecule has 7 rings (SSSR count). The molecule has 1 saturated heterocycles. The van der Waals surface area contributed by atoms with Crippen molar-refractivity contribution in [3.8, 4) is 16.8 Å². The molecule has 1 fully saturated rings. The molecule has 3 aromatic carbocycles. The van der Waals surface area contributed by atoms with Crippen LogP contribution in [0, 0.1) is 12.7 Å². The SMILES string of the molecule is COc1ccc(F)cc1[C@H](COc1nc2sc(-n3nccn3)c(C)c2c(=O)n1[C@@H]1CNC(=O)C1)OCCCC(C)(C)[Si](O)(c1ccccc1)c1ccccc1. The maximum absolute atomic E-state index is 14.8. The van der Waals surface area contributed by atoms with Gasteiger partial charge in [-0.05, 0) is 53.4 Å². The van der Waals surface area contributed by atoms with Gasteiger partial charge in [0.15, 0.2) is 0 Å². The molecule has 0 spiro atoms. The highest BCUT2D eigenvalue weighted by molar-refractivity contribution is 7.21. The Morgan fingerprint density at radius 2 is 1.71 bits per heavy atom. The Bertz CT molecular complexity index is 2300. The summed E-state index contributed by atoms with van der Waals surface area (Å²) in [7, 11) is -1.75. The molecule has 0 unspecified atom stereocenters. The van der Waals surface area contributed by atoms with Crippen molar-refractivity contribution in [1.29, 1.82) is 0 Å². The second-order valence-corrected chi connectivity index (χ2v) is 19.2. The summed E-state index contributed by atoms with van der Waals surface area (Å²) in [5.74, 6) is -0.260. The van der Waals surface area contributed by atoms with Crippen LogP contribution in [-0.4, -0.2) is 70.4 Å². The van der Waals surface area contributed by atoms with Gasteiger partial charge in [0, 0.05) is 30.7 Å². The van der Waals surface area contributed by atoms with E-state index in [0.717, 1.165) is 10.4 Å². The van der Waals surface area contributed by atoms with E-state index in [2.05, 4.69) is 29.4 Å². The first-order chi connectivity index (χ1) is 26.5. The van der Waals surface area contributed by atoms with Gasteiger partial charge in [0.2, 0.25) is 5.91 Å². The fraction of sp³-hybridized carbons (Fsp3) is 0.325. The van der Waals surface area contributed by atoms with Crippen molar-refractivity contribution in [3.63, 3.8) is 0 Å². The maximum atomic E-state index is 14.8. The minimum atomic E-state index is -3.25. The second-order valence-electron chi connectivity index (χ2n) is 14.2. The smallest absolute Gasteiger partial charge is 0.301 e. The van der Waals surface area contributed by atoms with Gasteiger partial charge in [0.05, 0.1) is 30.9 Å². The zero-order chi connectivity index (χ0) is 38.7. The van der Waals surface area contributed by atoms with Gasteiger partial charge >= 0.3 is 6.01 Å². The molecule has 1 aliphatic heterocycles. The molecule has 55 heavy (non-hydrogen) atoms. The predicted octanol–water partition coefficient (Wildman–Crippen LogP) is 5.01. The van der Waals surface area contributed by atoms with E-state index in [-0.39, 0.29) is 43.7 Å². The number of carbonyl (C=O) groups excluding carboxylic acids is 1. The molecule has 6 aromatic rings. The molecule has 286 valence electrons. The number of fused-ring (bicyclic) bond motifs is 1. The summed E-state index contributed by atoms with van der Waals surface area (Å²) in [6.07, 6.45) is 3.53. The summed E-state index contributed by atoms with van der Waals surface area (Å²) >= 11 is 1.25. The van der Waals surface area contributed by atoms with Crippen molar-refractivity contribution in [3.05, 3.63) is 119 Å².